The fourth-order valence-electron chi connectivity index (χ4n) is 1.64. The van der Waals surface area contributed by atoms with Gasteiger partial charge in [-0.2, -0.15) is 11.8 Å². The molecule has 0 saturated heterocycles. The highest BCUT2D eigenvalue weighted by atomic mass is 32.2. The second-order valence-corrected chi connectivity index (χ2v) is 6.53. The molecule has 1 aliphatic rings. The van der Waals surface area contributed by atoms with Gasteiger partial charge < -0.3 is 0 Å². The van der Waals surface area contributed by atoms with Crippen LogP contribution in [0.4, 0.5) is 0 Å². The third-order valence-corrected chi connectivity index (χ3v) is 4.21. The molecule has 0 aromatic heterocycles. The number of Topliss-reactive ketones (excluding diaryl/α,β-unsaturated/α-hetero) is 1. The number of carbonyl (C=O) groups excluding carboxylic acids is 1. The first kappa shape index (κ1) is 12.1. The lowest BCUT2D eigenvalue weighted by molar-refractivity contribution is -0.123. The third-order valence-electron chi connectivity index (χ3n) is 2.84. The SMILES string of the molecule is CC(C)(C)C(=O)CSC1CCCCC1. The third kappa shape index (κ3) is 4.04. The first-order valence-electron chi connectivity index (χ1n) is 5.65. The van der Waals surface area contributed by atoms with E-state index in [-0.39, 0.29) is 5.41 Å². The van der Waals surface area contributed by atoms with Gasteiger partial charge in [0.25, 0.3) is 0 Å². The Balaban J connectivity index is 2.22. The number of ketones is 1. The van der Waals surface area contributed by atoms with Crippen molar-refractivity contribution in [1.29, 1.82) is 0 Å². The summed E-state index contributed by atoms with van der Waals surface area (Å²) in [4.78, 5) is 11.7. The summed E-state index contributed by atoms with van der Waals surface area (Å²) in [7, 11) is 0. The summed E-state index contributed by atoms with van der Waals surface area (Å²) < 4.78 is 0. The van der Waals surface area contributed by atoms with Crippen LogP contribution >= 0.6 is 11.8 Å². The topological polar surface area (TPSA) is 17.1 Å². The molecule has 1 aliphatic carbocycles. The molecule has 1 saturated carbocycles. The van der Waals surface area contributed by atoms with Crippen LogP contribution in [0.25, 0.3) is 0 Å². The summed E-state index contributed by atoms with van der Waals surface area (Å²) in [5, 5.41) is 0.759. The molecular formula is C12H22OS. The molecule has 1 nitrogen and oxygen atoms in total. The maximum absolute atomic E-state index is 11.7. The van der Waals surface area contributed by atoms with Crippen molar-refractivity contribution in [1.82, 2.24) is 0 Å². The highest BCUT2D eigenvalue weighted by Gasteiger charge is 2.23. The summed E-state index contributed by atoms with van der Waals surface area (Å²) >= 11 is 1.88. The van der Waals surface area contributed by atoms with Crippen molar-refractivity contribution in [2.75, 3.05) is 5.75 Å². The van der Waals surface area contributed by atoms with Gasteiger partial charge in [0, 0.05) is 10.7 Å². The fraction of sp³-hybridized carbons (Fsp3) is 0.917. The summed E-state index contributed by atoms with van der Waals surface area (Å²) in [6.45, 7) is 6.03. The van der Waals surface area contributed by atoms with Gasteiger partial charge in [-0.05, 0) is 12.8 Å². The maximum atomic E-state index is 11.7. The monoisotopic (exact) mass is 214 g/mol. The van der Waals surface area contributed by atoms with E-state index in [1.807, 2.05) is 32.5 Å². The second kappa shape index (κ2) is 5.20. The number of thioether (sulfide) groups is 1. The molecule has 0 radical (unpaired) electrons. The molecule has 0 unspecified atom stereocenters. The van der Waals surface area contributed by atoms with E-state index in [9.17, 15) is 4.79 Å². The van der Waals surface area contributed by atoms with E-state index in [1.54, 1.807) is 0 Å². The largest absolute Gasteiger partial charge is 0.298 e. The van der Waals surface area contributed by atoms with Crippen molar-refractivity contribution in [3.8, 4) is 0 Å². The van der Waals surface area contributed by atoms with E-state index in [0.29, 0.717) is 11.5 Å². The van der Waals surface area contributed by atoms with E-state index in [4.69, 9.17) is 0 Å². The Labute approximate surface area is 92.0 Å². The molecular weight excluding hydrogens is 192 g/mol. The predicted molar refractivity (Wildman–Crippen MR) is 63.8 cm³/mol. The van der Waals surface area contributed by atoms with E-state index in [2.05, 4.69) is 0 Å². The Kier molecular flexibility index (Phi) is 4.49. The average molecular weight is 214 g/mol. The van der Waals surface area contributed by atoms with Crippen LogP contribution in [0.5, 0.6) is 0 Å². The summed E-state index contributed by atoms with van der Waals surface area (Å²) in [6.07, 6.45) is 6.76. The molecule has 1 rings (SSSR count). The van der Waals surface area contributed by atoms with Crippen LogP contribution in [-0.4, -0.2) is 16.8 Å². The van der Waals surface area contributed by atoms with Crippen molar-refractivity contribution < 1.29 is 4.79 Å². The summed E-state index contributed by atoms with van der Waals surface area (Å²) in [5.74, 6) is 1.11. The maximum Gasteiger partial charge on any atom is 0.148 e. The molecule has 0 aromatic rings. The van der Waals surface area contributed by atoms with Crippen molar-refractivity contribution >= 4 is 17.5 Å². The molecule has 0 amide bonds. The van der Waals surface area contributed by atoms with Crippen LogP contribution < -0.4 is 0 Å². The summed E-state index contributed by atoms with van der Waals surface area (Å²) in [6, 6.07) is 0. The van der Waals surface area contributed by atoms with Crippen molar-refractivity contribution in [2.24, 2.45) is 5.41 Å². The Morgan fingerprint density at radius 1 is 1.21 bits per heavy atom. The van der Waals surface area contributed by atoms with E-state index >= 15 is 0 Å². The molecule has 0 aromatic carbocycles. The highest BCUT2D eigenvalue weighted by Crippen LogP contribution is 2.29. The van der Waals surface area contributed by atoms with Crippen LogP contribution in [-0.2, 0) is 4.79 Å². The molecule has 0 aliphatic heterocycles. The lowest BCUT2D eigenvalue weighted by Gasteiger charge is -2.22. The zero-order valence-corrected chi connectivity index (χ0v) is 10.5. The Hall–Kier alpha value is 0.0200. The van der Waals surface area contributed by atoms with Crippen LogP contribution in [0.3, 0.4) is 0 Å². The lowest BCUT2D eigenvalue weighted by Crippen LogP contribution is -2.23. The summed E-state index contributed by atoms with van der Waals surface area (Å²) in [5.41, 5.74) is -0.151. The Morgan fingerprint density at radius 3 is 2.29 bits per heavy atom. The van der Waals surface area contributed by atoms with Gasteiger partial charge in [-0.3, -0.25) is 4.79 Å². The molecule has 0 N–H and O–H groups in total. The fourth-order valence-corrected chi connectivity index (χ4v) is 3.13. The molecule has 0 bridgehead atoms. The Morgan fingerprint density at radius 2 is 1.79 bits per heavy atom. The average Bonchev–Trinajstić information content (AvgIpc) is 2.14. The van der Waals surface area contributed by atoms with Crippen LogP contribution in [0.15, 0.2) is 0 Å². The zero-order valence-electron chi connectivity index (χ0n) is 9.64. The van der Waals surface area contributed by atoms with Gasteiger partial charge in [0.1, 0.15) is 5.78 Å². The molecule has 82 valence electrons. The minimum Gasteiger partial charge on any atom is -0.298 e. The first-order chi connectivity index (χ1) is 6.50. The van der Waals surface area contributed by atoms with Gasteiger partial charge in [-0.15, -0.1) is 0 Å². The van der Waals surface area contributed by atoms with Crippen molar-refractivity contribution in [3.63, 3.8) is 0 Å². The number of rotatable bonds is 3. The van der Waals surface area contributed by atoms with Gasteiger partial charge in [-0.1, -0.05) is 40.0 Å². The van der Waals surface area contributed by atoms with Crippen LogP contribution in [0.1, 0.15) is 52.9 Å². The molecule has 2 heteroatoms. The molecule has 0 spiro atoms. The van der Waals surface area contributed by atoms with Gasteiger partial charge in [0.15, 0.2) is 0 Å². The van der Waals surface area contributed by atoms with E-state index < -0.39 is 0 Å². The smallest absolute Gasteiger partial charge is 0.148 e. The van der Waals surface area contributed by atoms with Crippen LogP contribution in [0.2, 0.25) is 0 Å². The van der Waals surface area contributed by atoms with Crippen molar-refractivity contribution in [3.05, 3.63) is 0 Å². The molecule has 0 atom stereocenters. The van der Waals surface area contributed by atoms with Gasteiger partial charge in [0.05, 0.1) is 5.75 Å². The lowest BCUT2D eigenvalue weighted by atomic mass is 9.92. The quantitative estimate of drug-likeness (QED) is 0.713. The minimum absolute atomic E-state index is 0.151. The number of carbonyl (C=O) groups is 1. The molecule has 1 fully saturated rings. The number of hydrogen-bond acceptors (Lipinski definition) is 2. The number of hydrogen-bond donors (Lipinski definition) is 0. The normalized spacial score (nSPS) is 19.6. The highest BCUT2D eigenvalue weighted by molar-refractivity contribution is 8.00. The minimum atomic E-state index is -0.151. The first-order valence-corrected chi connectivity index (χ1v) is 6.70. The van der Waals surface area contributed by atoms with E-state index in [0.717, 1.165) is 5.25 Å². The van der Waals surface area contributed by atoms with Crippen molar-refractivity contribution in [2.45, 2.75) is 58.1 Å². The van der Waals surface area contributed by atoms with E-state index in [1.165, 1.54) is 32.1 Å². The molecule has 0 heterocycles. The van der Waals surface area contributed by atoms with Gasteiger partial charge in [-0.25, -0.2) is 0 Å². The standard InChI is InChI=1S/C12H22OS/c1-12(2,3)11(13)9-14-10-7-5-4-6-8-10/h10H,4-9H2,1-3H3. The Bertz CT molecular complexity index is 187. The van der Waals surface area contributed by atoms with Gasteiger partial charge in [0.2, 0.25) is 0 Å². The van der Waals surface area contributed by atoms with Gasteiger partial charge >= 0.3 is 0 Å². The second-order valence-electron chi connectivity index (χ2n) is 5.24. The zero-order chi connectivity index (χ0) is 10.6. The predicted octanol–water partition coefficient (Wildman–Crippen LogP) is 3.67. The van der Waals surface area contributed by atoms with Crippen LogP contribution in [0, 0.1) is 5.41 Å². The molecule has 14 heavy (non-hydrogen) atoms.